The fourth-order valence-corrected chi connectivity index (χ4v) is 6.03. The van der Waals surface area contributed by atoms with E-state index in [-0.39, 0.29) is 23.7 Å². The average molecular weight is 670 g/mol. The molecule has 262 valence electrons. The van der Waals surface area contributed by atoms with E-state index in [2.05, 4.69) is 40.2 Å². The van der Waals surface area contributed by atoms with Crippen LogP contribution in [0.5, 0.6) is 0 Å². The van der Waals surface area contributed by atoms with Crippen LogP contribution in [0.1, 0.15) is 99.7 Å². The topological polar surface area (TPSA) is 123 Å². The van der Waals surface area contributed by atoms with E-state index in [1.54, 1.807) is 0 Å². The van der Waals surface area contributed by atoms with Crippen molar-refractivity contribution in [3.8, 4) is 11.1 Å². The highest BCUT2D eigenvalue weighted by Gasteiger charge is 2.28. The predicted octanol–water partition coefficient (Wildman–Crippen LogP) is 7.18. The van der Waals surface area contributed by atoms with Crippen LogP contribution in [0.3, 0.4) is 0 Å². The third-order valence-electron chi connectivity index (χ3n) is 8.72. The van der Waals surface area contributed by atoms with Gasteiger partial charge < -0.3 is 25.4 Å². The molecule has 0 bridgehead atoms. The maximum atomic E-state index is 12.3. The molecule has 0 heterocycles. The number of amides is 3. The van der Waals surface area contributed by atoms with E-state index >= 15 is 0 Å². The van der Waals surface area contributed by atoms with Crippen molar-refractivity contribution in [1.82, 2.24) is 16.0 Å². The predicted molar refractivity (Wildman–Crippen MR) is 191 cm³/mol. The highest BCUT2D eigenvalue weighted by Crippen LogP contribution is 2.44. The van der Waals surface area contributed by atoms with E-state index in [0.717, 1.165) is 63.4 Å². The SMILES string of the molecule is O=C(CCCCCNC(=O)CCCCCNC(=O)OCC1c2ccccc2-c2ccccc21)NCCCCCC(=O)OCc1ccccc1. The second-order valence-electron chi connectivity index (χ2n) is 12.5. The van der Waals surface area contributed by atoms with Gasteiger partial charge in [-0.15, -0.1) is 0 Å². The molecule has 1 aliphatic rings. The first-order valence-corrected chi connectivity index (χ1v) is 17.8. The van der Waals surface area contributed by atoms with Gasteiger partial charge in [0.15, 0.2) is 0 Å². The Bertz CT molecular complexity index is 1430. The number of alkyl carbamates (subject to hydrolysis) is 1. The summed E-state index contributed by atoms with van der Waals surface area (Å²) in [4.78, 5) is 48.4. The number of carbonyl (C=O) groups excluding carboxylic acids is 4. The highest BCUT2D eigenvalue weighted by atomic mass is 16.5. The van der Waals surface area contributed by atoms with Gasteiger partial charge in [-0.2, -0.15) is 0 Å². The second kappa shape index (κ2) is 21.3. The molecule has 49 heavy (non-hydrogen) atoms. The molecule has 3 amide bonds. The number of carbonyl (C=O) groups is 4. The van der Waals surface area contributed by atoms with E-state index in [4.69, 9.17) is 9.47 Å². The van der Waals surface area contributed by atoms with Crippen LogP contribution in [0.2, 0.25) is 0 Å². The summed E-state index contributed by atoms with van der Waals surface area (Å²) in [6, 6.07) is 26.2. The Morgan fingerprint density at radius 3 is 1.57 bits per heavy atom. The third kappa shape index (κ3) is 13.4. The maximum absolute atomic E-state index is 12.3. The lowest BCUT2D eigenvalue weighted by Gasteiger charge is -2.14. The number of rotatable bonds is 22. The molecular weight excluding hydrogens is 618 g/mol. The minimum Gasteiger partial charge on any atom is -0.461 e. The van der Waals surface area contributed by atoms with Crippen LogP contribution in [-0.2, 0) is 30.5 Å². The minimum atomic E-state index is -0.414. The van der Waals surface area contributed by atoms with E-state index in [0.29, 0.717) is 52.1 Å². The molecule has 4 rings (SSSR count). The zero-order chi connectivity index (χ0) is 34.5. The molecule has 3 N–H and O–H groups in total. The summed E-state index contributed by atoms with van der Waals surface area (Å²) in [5, 5.41) is 8.72. The number of hydrogen-bond donors (Lipinski definition) is 3. The van der Waals surface area contributed by atoms with Gasteiger partial charge in [0.1, 0.15) is 13.2 Å². The van der Waals surface area contributed by atoms with Crippen molar-refractivity contribution in [2.45, 2.75) is 89.6 Å². The van der Waals surface area contributed by atoms with Crippen molar-refractivity contribution in [1.29, 1.82) is 0 Å². The molecule has 0 aromatic heterocycles. The number of nitrogens with one attached hydrogen (secondary N) is 3. The lowest BCUT2D eigenvalue weighted by atomic mass is 9.98. The fourth-order valence-electron chi connectivity index (χ4n) is 6.03. The van der Waals surface area contributed by atoms with Gasteiger partial charge in [-0.05, 0) is 66.3 Å². The van der Waals surface area contributed by atoms with Gasteiger partial charge in [0.2, 0.25) is 11.8 Å². The minimum absolute atomic E-state index is 0.0340. The number of hydrogen-bond acceptors (Lipinski definition) is 6. The van der Waals surface area contributed by atoms with Gasteiger partial charge in [0.05, 0.1) is 0 Å². The summed E-state index contributed by atoms with van der Waals surface area (Å²) in [6.07, 6.45) is 8.23. The Balaban J connectivity index is 0.902. The molecule has 1 aliphatic carbocycles. The van der Waals surface area contributed by atoms with Crippen molar-refractivity contribution in [2.24, 2.45) is 0 Å². The molecule has 0 spiro atoms. The molecule has 0 saturated heterocycles. The molecule has 0 aliphatic heterocycles. The van der Waals surface area contributed by atoms with Crippen LogP contribution in [0.25, 0.3) is 11.1 Å². The maximum Gasteiger partial charge on any atom is 0.407 e. The molecule has 0 radical (unpaired) electrons. The molecule has 0 atom stereocenters. The Labute approximate surface area is 290 Å². The molecular formula is C40H51N3O6. The standard InChI is InChI=1S/C40H51N3O6/c44-37(42-27-15-4-9-25-39(46)48-29-31-17-5-1-6-18-31)23-7-2-14-26-41-38(45)24-8-3-16-28-43-40(47)49-30-36-34-21-12-10-19-32(34)33-20-11-13-22-35(33)36/h1,5-6,10-13,17-22,36H,2-4,7-9,14-16,23-30H2,(H,41,45)(H,42,44)(H,43,47). The van der Waals surface area contributed by atoms with Gasteiger partial charge >= 0.3 is 12.1 Å². The molecule has 0 fully saturated rings. The molecule has 3 aromatic carbocycles. The number of fused-ring (bicyclic) bond motifs is 3. The quantitative estimate of drug-likeness (QED) is 0.0770. The van der Waals surface area contributed by atoms with Crippen molar-refractivity contribution < 1.29 is 28.7 Å². The number of esters is 1. The van der Waals surface area contributed by atoms with Crippen LogP contribution in [0.4, 0.5) is 4.79 Å². The van der Waals surface area contributed by atoms with Crippen LogP contribution in [-0.4, -0.2) is 50.1 Å². The van der Waals surface area contributed by atoms with E-state index < -0.39 is 6.09 Å². The van der Waals surface area contributed by atoms with Crippen LogP contribution < -0.4 is 16.0 Å². The summed E-state index contributed by atoms with van der Waals surface area (Å²) >= 11 is 0. The van der Waals surface area contributed by atoms with Crippen molar-refractivity contribution >= 4 is 23.9 Å². The Kier molecular flexibility index (Phi) is 16.2. The van der Waals surface area contributed by atoms with E-state index in [9.17, 15) is 19.2 Å². The smallest absolute Gasteiger partial charge is 0.407 e. The van der Waals surface area contributed by atoms with Crippen molar-refractivity contribution in [3.05, 3.63) is 95.6 Å². The van der Waals surface area contributed by atoms with E-state index in [1.807, 2.05) is 54.6 Å². The van der Waals surface area contributed by atoms with Crippen LogP contribution in [0.15, 0.2) is 78.9 Å². The summed E-state index contributed by atoms with van der Waals surface area (Å²) < 4.78 is 10.9. The normalized spacial score (nSPS) is 11.7. The van der Waals surface area contributed by atoms with Crippen LogP contribution in [0, 0.1) is 0 Å². The number of benzene rings is 3. The first-order valence-electron chi connectivity index (χ1n) is 17.8. The summed E-state index contributed by atoms with van der Waals surface area (Å²) in [5.41, 5.74) is 5.76. The number of ether oxygens (including phenoxy) is 2. The first kappa shape index (κ1) is 37.2. The molecule has 9 heteroatoms. The largest absolute Gasteiger partial charge is 0.461 e. The first-order chi connectivity index (χ1) is 24.0. The zero-order valence-electron chi connectivity index (χ0n) is 28.6. The molecule has 0 saturated carbocycles. The van der Waals surface area contributed by atoms with Crippen LogP contribution >= 0.6 is 0 Å². The van der Waals surface area contributed by atoms with Crippen molar-refractivity contribution in [2.75, 3.05) is 26.2 Å². The Morgan fingerprint density at radius 1 is 0.510 bits per heavy atom. The Morgan fingerprint density at radius 2 is 1.00 bits per heavy atom. The summed E-state index contributed by atoms with van der Waals surface area (Å²) in [5.74, 6) is -0.0763. The zero-order valence-corrected chi connectivity index (χ0v) is 28.6. The lowest BCUT2D eigenvalue weighted by Crippen LogP contribution is -2.27. The Hall–Kier alpha value is -4.66. The van der Waals surface area contributed by atoms with Gasteiger partial charge in [0.25, 0.3) is 0 Å². The number of unbranched alkanes of at least 4 members (excludes halogenated alkanes) is 6. The van der Waals surface area contributed by atoms with Crippen molar-refractivity contribution in [3.63, 3.8) is 0 Å². The lowest BCUT2D eigenvalue weighted by molar-refractivity contribution is -0.145. The summed E-state index contributed by atoms with van der Waals surface area (Å²) in [6.45, 7) is 2.33. The monoisotopic (exact) mass is 669 g/mol. The fraction of sp³-hybridized carbons (Fsp3) is 0.450. The average Bonchev–Trinajstić information content (AvgIpc) is 3.44. The van der Waals surface area contributed by atoms with Gasteiger partial charge in [-0.25, -0.2) is 4.79 Å². The molecule has 0 unspecified atom stereocenters. The van der Waals surface area contributed by atoms with Gasteiger partial charge in [0, 0.05) is 44.8 Å². The summed E-state index contributed by atoms with van der Waals surface area (Å²) in [7, 11) is 0. The molecule has 9 nitrogen and oxygen atoms in total. The van der Waals surface area contributed by atoms with E-state index in [1.165, 1.54) is 22.3 Å². The third-order valence-corrected chi connectivity index (χ3v) is 8.72. The highest BCUT2D eigenvalue weighted by molar-refractivity contribution is 5.79. The molecule has 3 aromatic rings. The second-order valence-corrected chi connectivity index (χ2v) is 12.5. The van der Waals surface area contributed by atoms with Gasteiger partial charge in [-0.3, -0.25) is 14.4 Å². The van der Waals surface area contributed by atoms with Gasteiger partial charge in [-0.1, -0.05) is 98.1 Å².